The van der Waals surface area contributed by atoms with E-state index in [1.54, 1.807) is 37.4 Å². The van der Waals surface area contributed by atoms with Crippen LogP contribution in [0.4, 0.5) is 4.79 Å². The van der Waals surface area contributed by atoms with E-state index in [0.717, 1.165) is 24.0 Å². The van der Waals surface area contributed by atoms with Gasteiger partial charge in [0, 0.05) is 12.6 Å². The number of carbonyl (C=O) groups is 3. The van der Waals surface area contributed by atoms with Crippen LogP contribution in [0.5, 0.6) is 0 Å². The second-order valence-electron chi connectivity index (χ2n) is 10.0. The summed E-state index contributed by atoms with van der Waals surface area (Å²) in [5.74, 6) is 0.192. The predicted octanol–water partition coefficient (Wildman–Crippen LogP) is 5.23. The molecule has 0 fully saturated rings. The molecule has 0 aliphatic carbocycles. The van der Waals surface area contributed by atoms with Gasteiger partial charge in [0.2, 0.25) is 11.8 Å². The molecule has 1 aromatic rings. The van der Waals surface area contributed by atoms with Crippen LogP contribution in [0.25, 0.3) is 0 Å². The summed E-state index contributed by atoms with van der Waals surface area (Å²) in [6, 6.07) is 6.11. The number of alkyl carbamates (subject to hydrolysis) is 1. The van der Waals surface area contributed by atoms with E-state index in [1.165, 1.54) is 0 Å². The third kappa shape index (κ3) is 10.9. The molecule has 2 N–H and O–H groups in total. The molecule has 35 heavy (non-hydrogen) atoms. The van der Waals surface area contributed by atoms with Crippen LogP contribution in [0.1, 0.15) is 84.4 Å². The quantitative estimate of drug-likeness (QED) is 0.382. The lowest BCUT2D eigenvalue weighted by Gasteiger charge is -2.35. The number of amides is 3. The molecule has 0 saturated heterocycles. The average Bonchev–Trinajstić information content (AvgIpc) is 2.74. The van der Waals surface area contributed by atoms with Crippen molar-refractivity contribution in [1.82, 2.24) is 15.5 Å². The fourth-order valence-electron chi connectivity index (χ4n) is 3.89. The first-order valence-electron chi connectivity index (χ1n) is 12.6. The predicted molar refractivity (Wildman–Crippen MR) is 145 cm³/mol. The highest BCUT2D eigenvalue weighted by Gasteiger charge is 2.36. The maximum absolute atomic E-state index is 13.9. The molecule has 0 aliphatic heterocycles. The van der Waals surface area contributed by atoms with Gasteiger partial charge in [-0.2, -0.15) is 11.8 Å². The molecule has 0 aliphatic rings. The number of nitrogens with one attached hydrogen (secondary N) is 2. The van der Waals surface area contributed by atoms with Gasteiger partial charge in [-0.25, -0.2) is 4.79 Å². The van der Waals surface area contributed by atoms with E-state index in [0.29, 0.717) is 25.1 Å². The Bertz CT molecular complexity index is 825. The summed E-state index contributed by atoms with van der Waals surface area (Å²) in [5, 5.41) is 5.86. The Balaban J connectivity index is 3.39. The normalized spacial score (nSPS) is 13.9. The lowest BCUT2D eigenvalue weighted by atomic mass is 9.99. The maximum Gasteiger partial charge on any atom is 0.408 e. The van der Waals surface area contributed by atoms with Crippen molar-refractivity contribution in [2.75, 3.05) is 18.6 Å². The zero-order valence-electron chi connectivity index (χ0n) is 22.8. The highest BCUT2D eigenvalue weighted by molar-refractivity contribution is 7.98. The van der Waals surface area contributed by atoms with Gasteiger partial charge in [-0.3, -0.25) is 9.59 Å². The van der Waals surface area contributed by atoms with E-state index in [9.17, 15) is 14.4 Å². The minimum Gasteiger partial charge on any atom is -0.444 e. The molecule has 1 rings (SSSR count). The number of aryl methyl sites for hydroxylation is 1. The molecule has 198 valence electrons. The molecular formula is C27H45N3O4S. The van der Waals surface area contributed by atoms with Crippen LogP contribution >= 0.6 is 11.8 Å². The molecule has 3 atom stereocenters. The van der Waals surface area contributed by atoms with Gasteiger partial charge >= 0.3 is 6.09 Å². The summed E-state index contributed by atoms with van der Waals surface area (Å²) in [5.41, 5.74) is 1.09. The molecule has 0 aromatic heterocycles. The number of benzene rings is 1. The van der Waals surface area contributed by atoms with Crippen LogP contribution in [0, 0.1) is 6.92 Å². The Morgan fingerprint density at radius 2 is 1.77 bits per heavy atom. The molecule has 8 heteroatoms. The van der Waals surface area contributed by atoms with Crippen LogP contribution < -0.4 is 10.6 Å². The third-order valence-corrected chi connectivity index (χ3v) is 6.02. The van der Waals surface area contributed by atoms with Crippen LogP contribution in [0.2, 0.25) is 0 Å². The molecule has 0 radical (unpaired) electrons. The van der Waals surface area contributed by atoms with Crippen molar-refractivity contribution in [2.24, 2.45) is 0 Å². The number of nitrogens with zero attached hydrogens (tertiary/aromatic N) is 1. The third-order valence-electron chi connectivity index (χ3n) is 5.38. The summed E-state index contributed by atoms with van der Waals surface area (Å²) in [6.45, 7) is 13.7. The van der Waals surface area contributed by atoms with Crippen LogP contribution in [-0.4, -0.2) is 59.0 Å². The van der Waals surface area contributed by atoms with Gasteiger partial charge in [-0.05, 0) is 71.5 Å². The van der Waals surface area contributed by atoms with Gasteiger partial charge in [0.1, 0.15) is 17.7 Å². The molecule has 0 saturated carbocycles. The van der Waals surface area contributed by atoms with Gasteiger partial charge in [0.15, 0.2) is 0 Å². The summed E-state index contributed by atoms with van der Waals surface area (Å²) in [4.78, 5) is 41.7. The van der Waals surface area contributed by atoms with E-state index in [4.69, 9.17) is 4.74 Å². The van der Waals surface area contributed by atoms with Gasteiger partial charge in [0.25, 0.3) is 0 Å². The molecule has 3 unspecified atom stereocenters. The largest absolute Gasteiger partial charge is 0.444 e. The fraction of sp³-hybridized carbons (Fsp3) is 0.667. The van der Waals surface area contributed by atoms with Crippen molar-refractivity contribution in [3.63, 3.8) is 0 Å². The number of rotatable bonds is 13. The second kappa shape index (κ2) is 15.0. The first-order valence-corrected chi connectivity index (χ1v) is 14.0. The van der Waals surface area contributed by atoms with E-state index in [-0.39, 0.29) is 17.9 Å². The number of carbonyl (C=O) groups excluding carboxylic acids is 3. The summed E-state index contributed by atoms with van der Waals surface area (Å²) >= 11 is 1.60. The highest BCUT2D eigenvalue weighted by Crippen LogP contribution is 2.25. The molecule has 7 nitrogen and oxygen atoms in total. The van der Waals surface area contributed by atoms with E-state index < -0.39 is 23.8 Å². The van der Waals surface area contributed by atoms with Crippen molar-refractivity contribution < 1.29 is 19.1 Å². The Kier molecular flexibility index (Phi) is 13.2. The SMILES string of the molecule is CCCC(C)NC(=O)C(c1cccc(C)c1)N(CCC)C(=O)C(CCSC)NC(=O)OC(C)(C)C. The molecule has 0 spiro atoms. The number of thioether (sulfide) groups is 1. The fourth-order valence-corrected chi connectivity index (χ4v) is 4.36. The van der Waals surface area contributed by atoms with Crippen LogP contribution in [0.15, 0.2) is 24.3 Å². The van der Waals surface area contributed by atoms with Crippen molar-refractivity contribution in [3.05, 3.63) is 35.4 Å². The highest BCUT2D eigenvalue weighted by atomic mass is 32.2. The van der Waals surface area contributed by atoms with Crippen molar-refractivity contribution >= 4 is 29.7 Å². The Morgan fingerprint density at radius 1 is 1.09 bits per heavy atom. The maximum atomic E-state index is 13.9. The van der Waals surface area contributed by atoms with E-state index >= 15 is 0 Å². The first-order chi connectivity index (χ1) is 16.4. The topological polar surface area (TPSA) is 87.7 Å². The Morgan fingerprint density at radius 3 is 2.31 bits per heavy atom. The summed E-state index contributed by atoms with van der Waals surface area (Å²) < 4.78 is 5.42. The van der Waals surface area contributed by atoms with Gasteiger partial charge in [-0.15, -0.1) is 0 Å². The number of ether oxygens (including phenoxy) is 1. The van der Waals surface area contributed by atoms with Crippen LogP contribution in [-0.2, 0) is 14.3 Å². The smallest absolute Gasteiger partial charge is 0.408 e. The molecule has 0 heterocycles. The van der Waals surface area contributed by atoms with Gasteiger partial charge in [-0.1, -0.05) is 50.1 Å². The monoisotopic (exact) mass is 507 g/mol. The minimum absolute atomic E-state index is 0.00874. The lowest BCUT2D eigenvalue weighted by molar-refractivity contribution is -0.142. The van der Waals surface area contributed by atoms with Crippen LogP contribution in [0.3, 0.4) is 0 Å². The zero-order chi connectivity index (χ0) is 26.6. The number of hydrogen-bond donors (Lipinski definition) is 2. The molecule has 0 bridgehead atoms. The Hall–Kier alpha value is -2.22. The van der Waals surface area contributed by atoms with Gasteiger partial charge in [0.05, 0.1) is 0 Å². The van der Waals surface area contributed by atoms with Crippen molar-refractivity contribution in [1.29, 1.82) is 0 Å². The summed E-state index contributed by atoms with van der Waals surface area (Å²) in [6.07, 6.45) is 4.23. The zero-order valence-corrected chi connectivity index (χ0v) is 23.6. The first kappa shape index (κ1) is 30.8. The van der Waals surface area contributed by atoms with Crippen molar-refractivity contribution in [2.45, 2.75) is 97.9 Å². The minimum atomic E-state index is -0.794. The molecule has 3 amide bonds. The summed E-state index contributed by atoms with van der Waals surface area (Å²) in [7, 11) is 0. The van der Waals surface area contributed by atoms with Gasteiger partial charge < -0.3 is 20.3 Å². The second-order valence-corrected chi connectivity index (χ2v) is 11.0. The lowest BCUT2D eigenvalue weighted by Crippen LogP contribution is -2.54. The van der Waals surface area contributed by atoms with E-state index in [2.05, 4.69) is 17.6 Å². The standard InChI is InChI=1S/C27H45N3O4S/c1-9-12-20(4)28-24(31)23(21-14-11-13-19(3)18-21)30(16-10-2)25(32)22(15-17-35-8)29-26(33)34-27(5,6)7/h11,13-14,18,20,22-23H,9-10,12,15-17H2,1-8H3,(H,28,31)(H,29,33). The molecule has 1 aromatic carbocycles. The Labute approximate surface area is 216 Å². The average molecular weight is 508 g/mol. The van der Waals surface area contributed by atoms with E-state index in [1.807, 2.05) is 51.3 Å². The molecular weight excluding hydrogens is 462 g/mol. The number of hydrogen-bond acceptors (Lipinski definition) is 5. The van der Waals surface area contributed by atoms with Crippen molar-refractivity contribution in [3.8, 4) is 0 Å².